The molecule has 1 aliphatic rings. The van der Waals surface area contributed by atoms with E-state index in [1.807, 2.05) is 18.2 Å². The van der Waals surface area contributed by atoms with Crippen LogP contribution in [-0.4, -0.2) is 6.54 Å². The maximum atomic E-state index is 6.04. The third kappa shape index (κ3) is 2.01. The predicted octanol–water partition coefficient (Wildman–Crippen LogP) is 4.63. The molecule has 1 nitrogen and oxygen atoms in total. The van der Waals surface area contributed by atoms with Crippen molar-refractivity contribution < 1.29 is 0 Å². The van der Waals surface area contributed by atoms with Crippen LogP contribution in [-0.2, 0) is 6.42 Å². The van der Waals surface area contributed by atoms with Gasteiger partial charge in [-0.15, -0.1) is 0 Å². The molecular formula is C14H11Cl2N. The monoisotopic (exact) mass is 263 g/mol. The van der Waals surface area contributed by atoms with Crippen LogP contribution in [0.25, 0.3) is 11.1 Å². The lowest BCUT2D eigenvalue weighted by atomic mass is 10.0. The van der Waals surface area contributed by atoms with E-state index >= 15 is 0 Å². The molecule has 0 saturated carbocycles. The summed E-state index contributed by atoms with van der Waals surface area (Å²) < 4.78 is 0. The van der Waals surface area contributed by atoms with Gasteiger partial charge in [-0.1, -0.05) is 35.3 Å². The normalized spacial score (nSPS) is 13.3. The highest BCUT2D eigenvalue weighted by molar-refractivity contribution is 6.42. The zero-order valence-corrected chi connectivity index (χ0v) is 10.6. The maximum absolute atomic E-state index is 6.04. The average molecular weight is 264 g/mol. The van der Waals surface area contributed by atoms with Gasteiger partial charge in [0.05, 0.1) is 10.0 Å². The lowest BCUT2D eigenvalue weighted by Crippen LogP contribution is -1.90. The SMILES string of the molecule is Clc1ccc(-c2ccc3c(c2)CCN3)cc1Cl. The van der Waals surface area contributed by atoms with Gasteiger partial charge < -0.3 is 5.32 Å². The second-order valence-corrected chi connectivity index (χ2v) is 4.99. The zero-order valence-electron chi connectivity index (χ0n) is 9.13. The molecule has 0 amide bonds. The van der Waals surface area contributed by atoms with Gasteiger partial charge in [0.2, 0.25) is 0 Å². The number of anilines is 1. The number of hydrogen-bond donors (Lipinski definition) is 1. The van der Waals surface area contributed by atoms with E-state index in [4.69, 9.17) is 23.2 Å². The van der Waals surface area contributed by atoms with E-state index in [0.717, 1.165) is 18.5 Å². The third-order valence-electron chi connectivity index (χ3n) is 3.07. The number of rotatable bonds is 1. The standard InChI is InChI=1S/C14H11Cl2N/c15-12-3-1-10(8-13(12)16)9-2-4-14-11(7-9)5-6-17-14/h1-4,7-8,17H,5-6H2. The van der Waals surface area contributed by atoms with Crippen molar-refractivity contribution in [3.8, 4) is 11.1 Å². The van der Waals surface area contributed by atoms with Gasteiger partial charge in [0.25, 0.3) is 0 Å². The lowest BCUT2D eigenvalue weighted by Gasteiger charge is -2.06. The number of nitrogens with one attached hydrogen (secondary N) is 1. The summed E-state index contributed by atoms with van der Waals surface area (Å²) in [6.45, 7) is 1.03. The molecule has 1 heterocycles. The zero-order chi connectivity index (χ0) is 11.8. The van der Waals surface area contributed by atoms with Crippen molar-refractivity contribution in [1.82, 2.24) is 0 Å². The van der Waals surface area contributed by atoms with E-state index in [0.29, 0.717) is 10.0 Å². The largest absolute Gasteiger partial charge is 0.384 e. The summed E-state index contributed by atoms with van der Waals surface area (Å²) in [7, 11) is 0. The maximum Gasteiger partial charge on any atom is 0.0598 e. The van der Waals surface area contributed by atoms with Gasteiger partial charge in [-0.3, -0.25) is 0 Å². The Morgan fingerprint density at radius 2 is 1.65 bits per heavy atom. The highest BCUT2D eigenvalue weighted by Gasteiger charge is 2.11. The summed E-state index contributed by atoms with van der Waals surface area (Å²) in [5.74, 6) is 0. The molecule has 0 atom stereocenters. The molecule has 1 N–H and O–H groups in total. The highest BCUT2D eigenvalue weighted by atomic mass is 35.5. The molecule has 0 saturated heterocycles. The molecule has 3 heteroatoms. The van der Waals surface area contributed by atoms with Crippen LogP contribution in [0.4, 0.5) is 5.69 Å². The van der Waals surface area contributed by atoms with Crippen molar-refractivity contribution in [3.05, 3.63) is 52.0 Å². The first kappa shape index (κ1) is 10.9. The molecule has 2 aromatic rings. The summed E-state index contributed by atoms with van der Waals surface area (Å²) in [4.78, 5) is 0. The van der Waals surface area contributed by atoms with Crippen LogP contribution in [0.15, 0.2) is 36.4 Å². The Kier molecular flexibility index (Phi) is 2.73. The topological polar surface area (TPSA) is 12.0 Å². The summed E-state index contributed by atoms with van der Waals surface area (Å²) in [5, 5.41) is 4.55. The van der Waals surface area contributed by atoms with Crippen LogP contribution >= 0.6 is 23.2 Å². The average Bonchev–Trinajstić information content (AvgIpc) is 2.79. The first-order valence-corrected chi connectivity index (χ1v) is 6.32. The van der Waals surface area contributed by atoms with Gasteiger partial charge >= 0.3 is 0 Å². The molecule has 0 aromatic heterocycles. The fourth-order valence-corrected chi connectivity index (χ4v) is 2.46. The Labute approximate surface area is 110 Å². The van der Waals surface area contributed by atoms with Gasteiger partial charge in [-0.05, 0) is 47.4 Å². The van der Waals surface area contributed by atoms with Gasteiger partial charge in [0.1, 0.15) is 0 Å². The van der Waals surface area contributed by atoms with Crippen molar-refractivity contribution in [2.24, 2.45) is 0 Å². The molecule has 0 radical (unpaired) electrons. The molecule has 17 heavy (non-hydrogen) atoms. The van der Waals surface area contributed by atoms with Crippen LogP contribution in [0, 0.1) is 0 Å². The Hall–Kier alpha value is -1.18. The van der Waals surface area contributed by atoms with E-state index in [-0.39, 0.29) is 0 Å². The van der Waals surface area contributed by atoms with E-state index in [9.17, 15) is 0 Å². The van der Waals surface area contributed by atoms with E-state index in [2.05, 4.69) is 23.5 Å². The molecule has 0 spiro atoms. The molecule has 1 aliphatic heterocycles. The molecule has 0 fully saturated rings. The fraction of sp³-hybridized carbons (Fsp3) is 0.143. The van der Waals surface area contributed by atoms with Crippen LogP contribution < -0.4 is 5.32 Å². The molecule has 0 bridgehead atoms. The van der Waals surface area contributed by atoms with E-state index in [1.54, 1.807) is 0 Å². The van der Waals surface area contributed by atoms with Gasteiger partial charge in [0, 0.05) is 12.2 Å². The second-order valence-electron chi connectivity index (χ2n) is 4.18. The first-order valence-electron chi connectivity index (χ1n) is 5.56. The van der Waals surface area contributed by atoms with Crippen molar-refractivity contribution in [2.45, 2.75) is 6.42 Å². The molecule has 86 valence electrons. The van der Waals surface area contributed by atoms with Crippen LogP contribution in [0.3, 0.4) is 0 Å². The number of hydrogen-bond acceptors (Lipinski definition) is 1. The molecule has 3 rings (SSSR count). The van der Waals surface area contributed by atoms with Crippen molar-refractivity contribution >= 4 is 28.9 Å². The van der Waals surface area contributed by atoms with Crippen molar-refractivity contribution in [2.75, 3.05) is 11.9 Å². The fourth-order valence-electron chi connectivity index (χ4n) is 2.16. The van der Waals surface area contributed by atoms with Crippen LogP contribution in [0.1, 0.15) is 5.56 Å². The highest BCUT2D eigenvalue weighted by Crippen LogP contribution is 2.32. The quantitative estimate of drug-likeness (QED) is 0.791. The first-order chi connectivity index (χ1) is 8.24. The Morgan fingerprint density at radius 3 is 2.47 bits per heavy atom. The van der Waals surface area contributed by atoms with Crippen molar-refractivity contribution in [3.63, 3.8) is 0 Å². The van der Waals surface area contributed by atoms with Gasteiger partial charge in [-0.25, -0.2) is 0 Å². The summed E-state index contributed by atoms with van der Waals surface area (Å²) in [6, 6.07) is 12.2. The number of benzene rings is 2. The minimum atomic E-state index is 0.596. The predicted molar refractivity (Wildman–Crippen MR) is 74.1 cm³/mol. The Balaban J connectivity index is 2.06. The van der Waals surface area contributed by atoms with Crippen molar-refractivity contribution in [1.29, 1.82) is 0 Å². The molecule has 0 aliphatic carbocycles. The van der Waals surface area contributed by atoms with Crippen LogP contribution in [0.2, 0.25) is 10.0 Å². The van der Waals surface area contributed by atoms with E-state index < -0.39 is 0 Å². The number of halogens is 2. The molecule has 2 aromatic carbocycles. The smallest absolute Gasteiger partial charge is 0.0598 e. The Bertz CT molecular complexity index is 578. The minimum Gasteiger partial charge on any atom is -0.384 e. The lowest BCUT2D eigenvalue weighted by molar-refractivity contribution is 1.11. The molecule has 0 unspecified atom stereocenters. The van der Waals surface area contributed by atoms with Gasteiger partial charge in [0.15, 0.2) is 0 Å². The summed E-state index contributed by atoms with van der Waals surface area (Å²) >= 11 is 12.0. The Morgan fingerprint density at radius 1 is 0.882 bits per heavy atom. The third-order valence-corrected chi connectivity index (χ3v) is 3.81. The molecular weight excluding hydrogens is 253 g/mol. The van der Waals surface area contributed by atoms with E-state index in [1.165, 1.54) is 16.8 Å². The van der Waals surface area contributed by atoms with Gasteiger partial charge in [-0.2, -0.15) is 0 Å². The number of fused-ring (bicyclic) bond motifs is 1. The second kappa shape index (κ2) is 4.25. The summed E-state index contributed by atoms with van der Waals surface area (Å²) in [5.41, 5.74) is 4.91. The minimum absolute atomic E-state index is 0.596. The summed E-state index contributed by atoms with van der Waals surface area (Å²) in [6.07, 6.45) is 1.09. The van der Waals surface area contributed by atoms with Crippen LogP contribution in [0.5, 0.6) is 0 Å².